The van der Waals surface area contributed by atoms with Gasteiger partial charge in [-0.15, -0.1) is 12.4 Å². The van der Waals surface area contributed by atoms with E-state index in [1.807, 2.05) is 39.0 Å². The highest BCUT2D eigenvalue weighted by Gasteiger charge is 2.40. The Morgan fingerprint density at radius 2 is 1.13 bits per heavy atom. The third kappa shape index (κ3) is 16.8. The summed E-state index contributed by atoms with van der Waals surface area (Å²) < 4.78 is 31.4. The van der Waals surface area contributed by atoms with E-state index in [0.717, 1.165) is 33.6 Å². The number of carboxylic acids is 1. The Balaban J connectivity index is 0.000000243. The Kier molecular flexibility index (Phi) is 24.1. The molecular formula is C54H55Br2ClF2N14O7S3. The van der Waals surface area contributed by atoms with Crippen LogP contribution >= 0.6 is 57.8 Å². The van der Waals surface area contributed by atoms with Crippen LogP contribution in [0, 0.1) is 27.7 Å². The Morgan fingerprint density at radius 3 is 1.55 bits per heavy atom. The Labute approximate surface area is 514 Å². The van der Waals surface area contributed by atoms with Crippen molar-refractivity contribution in [2.24, 2.45) is 0 Å². The van der Waals surface area contributed by atoms with Crippen LogP contribution in [0.1, 0.15) is 70.2 Å². The second-order valence-electron chi connectivity index (χ2n) is 18.8. The number of nitrogens with one attached hydrogen (secondary N) is 3. The normalized spacial score (nSPS) is 15.9. The number of anilines is 2. The molecule has 8 heterocycles. The lowest BCUT2D eigenvalue weighted by Gasteiger charge is -2.24. The molecule has 2 fully saturated rings. The van der Waals surface area contributed by atoms with Crippen molar-refractivity contribution in [1.82, 2.24) is 59.7 Å². The highest BCUT2D eigenvalue weighted by atomic mass is 79.9. The van der Waals surface area contributed by atoms with Gasteiger partial charge in [0.15, 0.2) is 11.6 Å². The summed E-state index contributed by atoms with van der Waals surface area (Å²) in [4.78, 5) is 100. The molecule has 4 atom stereocenters. The van der Waals surface area contributed by atoms with E-state index < -0.39 is 42.2 Å². The molecule has 4 N–H and O–H groups in total. The van der Waals surface area contributed by atoms with Crippen molar-refractivity contribution < 1.29 is 42.7 Å². The molecule has 436 valence electrons. The van der Waals surface area contributed by atoms with Crippen molar-refractivity contribution in [3.8, 4) is 22.5 Å². The van der Waals surface area contributed by atoms with Gasteiger partial charge in [0.1, 0.15) is 63.7 Å². The van der Waals surface area contributed by atoms with Crippen LogP contribution in [0.2, 0.25) is 0 Å². The zero-order valence-electron chi connectivity index (χ0n) is 45.2. The minimum atomic E-state index is -1.35. The number of carbonyl (C=O) groups is 6. The lowest BCUT2D eigenvalue weighted by molar-refractivity contribution is -0.138. The highest BCUT2D eigenvalue weighted by Crippen LogP contribution is 2.30. The summed E-state index contributed by atoms with van der Waals surface area (Å²) in [6.07, 6.45) is 4.44. The summed E-state index contributed by atoms with van der Waals surface area (Å²) in [6.45, 7) is 9.61. The van der Waals surface area contributed by atoms with Gasteiger partial charge in [0, 0.05) is 89.9 Å². The van der Waals surface area contributed by atoms with Gasteiger partial charge in [0.2, 0.25) is 17.7 Å². The molecule has 8 aromatic rings. The lowest BCUT2D eigenvalue weighted by Crippen LogP contribution is -2.44. The number of alkyl halides is 2. The van der Waals surface area contributed by atoms with Crippen LogP contribution in [0.4, 0.5) is 20.4 Å². The van der Waals surface area contributed by atoms with Crippen molar-refractivity contribution in [3.63, 3.8) is 0 Å². The third-order valence-electron chi connectivity index (χ3n) is 12.8. The number of hydrogen-bond acceptors (Lipinski definition) is 17. The van der Waals surface area contributed by atoms with Crippen LogP contribution in [0.5, 0.6) is 0 Å². The van der Waals surface area contributed by atoms with Gasteiger partial charge in [0.05, 0.1) is 58.8 Å². The van der Waals surface area contributed by atoms with Gasteiger partial charge in [0.25, 0.3) is 0 Å². The van der Waals surface area contributed by atoms with Crippen LogP contribution in [0.15, 0.2) is 94.7 Å². The van der Waals surface area contributed by atoms with Gasteiger partial charge in [-0.05, 0) is 107 Å². The minimum Gasteiger partial charge on any atom is -0.480 e. The van der Waals surface area contributed by atoms with E-state index in [0.29, 0.717) is 54.0 Å². The Hall–Kier alpha value is -7.08. The van der Waals surface area contributed by atoms with Crippen molar-refractivity contribution in [3.05, 3.63) is 129 Å². The average molecular weight is 1340 g/mol. The van der Waals surface area contributed by atoms with Gasteiger partial charge < -0.3 is 26.0 Å². The number of pyridine rings is 2. The van der Waals surface area contributed by atoms with Gasteiger partial charge in [-0.2, -0.15) is 23.7 Å². The predicted molar refractivity (Wildman–Crippen MR) is 328 cm³/mol. The van der Waals surface area contributed by atoms with Crippen LogP contribution in [0.3, 0.4) is 0 Å². The molecule has 3 amide bonds. The molecule has 0 bridgehead atoms. The monoisotopic (exact) mass is 1340 g/mol. The Morgan fingerprint density at radius 1 is 0.663 bits per heavy atom. The molecule has 0 radical (unpaired) electrons. The molecule has 0 saturated carbocycles. The van der Waals surface area contributed by atoms with E-state index in [1.54, 1.807) is 74.2 Å². The smallest absolute Gasteiger partial charge is 0.325 e. The number of nitrogens with zero attached hydrogens (tertiary/aromatic N) is 11. The van der Waals surface area contributed by atoms with E-state index in [4.69, 9.17) is 5.11 Å². The maximum absolute atomic E-state index is 14.5. The summed E-state index contributed by atoms with van der Waals surface area (Å²) in [6, 6.07) is 16.4. The highest BCUT2D eigenvalue weighted by molar-refractivity contribution is 9.10. The third-order valence-corrected chi connectivity index (χ3v) is 13.7. The maximum atomic E-state index is 14.5. The maximum Gasteiger partial charge on any atom is 0.325 e. The number of carboxylic acid groups (broad SMARTS) is 1. The van der Waals surface area contributed by atoms with Crippen molar-refractivity contribution >= 4 is 149 Å². The summed E-state index contributed by atoms with van der Waals surface area (Å²) >= 11 is 13.9. The first kappa shape index (κ1) is 66.7. The first-order valence-corrected chi connectivity index (χ1v) is 27.7. The van der Waals surface area contributed by atoms with E-state index in [-0.39, 0.29) is 93.8 Å². The molecule has 2 saturated heterocycles. The number of aromatic nitrogens is 10. The number of benzene rings is 2. The topological polar surface area (TPSA) is 275 Å². The number of carbonyl (C=O) groups excluding carboxylic acids is 5. The van der Waals surface area contributed by atoms with Crippen LogP contribution in [-0.4, -0.2) is 132 Å². The molecule has 6 aromatic heterocycles. The summed E-state index contributed by atoms with van der Waals surface area (Å²) in [7, 11) is 0. The molecule has 2 aliphatic heterocycles. The number of likely N-dealkylation sites (tertiary alicyclic amines) is 1. The lowest BCUT2D eigenvalue weighted by atomic mass is 10.1. The number of ketones is 2. The van der Waals surface area contributed by atoms with Gasteiger partial charge in [-0.1, -0.05) is 24.3 Å². The second-order valence-corrected chi connectivity index (χ2v) is 20.5. The fourth-order valence-electron chi connectivity index (χ4n) is 8.74. The number of Topliss-reactive ketones (excluding diaryl/α,β-unsaturated/α-hetero) is 2. The van der Waals surface area contributed by atoms with Gasteiger partial charge in [-0.3, -0.25) is 58.1 Å². The van der Waals surface area contributed by atoms with Crippen LogP contribution in [0.25, 0.3) is 44.3 Å². The molecule has 0 spiro atoms. The fraction of sp³-hybridized carbons (Fsp3) is 0.296. The molecule has 0 unspecified atom stereocenters. The Bertz CT molecular complexity index is 3700. The number of aryl methyl sites for hydroxylation is 4. The van der Waals surface area contributed by atoms with Gasteiger partial charge >= 0.3 is 5.97 Å². The number of fused-ring (bicyclic) bond motifs is 2. The SMILES string of the molecule is CC(=O)c1nn(CC(=O)N2C[C@H](F)C[C@H]2C(=O)Nc2nc(Br)ccc2C)c2ccc(-c3cnc(C)cn3)cc12.CC(=O)c1nn(CC(=O)O)c2ccc(-c3cnc(C)cn3)cc12.Cc1ccc(Br)nc1NC(=O)[C@@H]1C[C@@H](F)CN1.Cl.S.S=S. The molecule has 10 rings (SSSR count). The van der Waals surface area contributed by atoms with Crippen LogP contribution < -0.4 is 16.0 Å². The number of rotatable bonds is 12. The van der Waals surface area contributed by atoms with E-state index in [1.165, 1.54) is 28.1 Å². The van der Waals surface area contributed by atoms with Crippen molar-refractivity contribution in [2.75, 3.05) is 23.7 Å². The largest absolute Gasteiger partial charge is 0.480 e. The number of hydrogen-bond donors (Lipinski definition) is 4. The molecule has 0 aliphatic carbocycles. The number of halogens is 5. The van der Waals surface area contributed by atoms with Gasteiger partial charge in [-0.25, -0.2) is 18.7 Å². The average Bonchev–Trinajstić information content (AvgIpc) is 3.09. The summed E-state index contributed by atoms with van der Waals surface area (Å²) in [5.41, 5.74) is 7.67. The summed E-state index contributed by atoms with van der Waals surface area (Å²) in [5.74, 6) is -1.89. The zero-order chi connectivity index (χ0) is 58.8. The molecule has 21 nitrogen and oxygen atoms in total. The first-order chi connectivity index (χ1) is 38.6. The standard InChI is InChI=1S/C27H25BrFN7O3.C16H14N4O3.C11H13BrFN3O.ClH.S2.H2S/c1-14-4-7-23(28)32-26(14)33-27(39)22-9-18(29)12-35(22)24(38)13-36-21-6-5-17(20-11-30-15(2)10-31-20)8-19(21)25(34-36)16(3)37;1-9-6-18-13(7-17-9)11-3-4-14-12(5-11)16(10(2)21)19-20(14)8-15(22)23;1-6-2-3-9(12)15-10(6)16-11(17)8-4-7(13)5-14-8;;1-2;/h4-8,10-11,18,22H,9,12-13H2,1-3H3,(H,32,33,39);3-7H,8H2,1-2H3,(H,22,23);2-3,7-8,14H,4-5H2,1H3,(H,15,16,17);1H;;1H2/t18-,22+;;7-,8+;;;/m1.1.../s1. The summed E-state index contributed by atoms with van der Waals surface area (Å²) in [5, 5.41) is 26.9. The van der Waals surface area contributed by atoms with Crippen molar-refractivity contribution in [2.45, 2.75) is 91.9 Å². The molecule has 2 aliphatic rings. The zero-order valence-corrected chi connectivity index (χ0v) is 51.8. The molecule has 2 aromatic carbocycles. The second kappa shape index (κ2) is 29.9. The van der Waals surface area contributed by atoms with E-state index in [2.05, 4.69) is 110 Å². The molecule has 29 heteroatoms. The van der Waals surface area contributed by atoms with E-state index >= 15 is 0 Å². The van der Waals surface area contributed by atoms with Crippen molar-refractivity contribution in [1.29, 1.82) is 0 Å². The fourth-order valence-corrected chi connectivity index (χ4v) is 9.36. The van der Waals surface area contributed by atoms with E-state index in [9.17, 15) is 37.5 Å². The van der Waals surface area contributed by atoms with Crippen LogP contribution in [-0.2, 0) is 54.6 Å². The first-order valence-electron chi connectivity index (χ1n) is 24.8. The molecule has 83 heavy (non-hydrogen) atoms. The minimum absolute atomic E-state index is 0. The number of aliphatic carboxylic acids is 1. The quantitative estimate of drug-likeness (QED) is 0.0659. The molecular weight excluding hydrogens is 1290 g/mol. The number of amides is 3. The predicted octanol–water partition coefficient (Wildman–Crippen LogP) is 8.46.